The molecule has 7 nitrogen and oxygen atoms in total. The van der Waals surface area contributed by atoms with E-state index in [9.17, 15) is 19.5 Å². The number of hydrogen-bond acceptors (Lipinski definition) is 8. The van der Waals surface area contributed by atoms with Gasteiger partial charge < -0.3 is 10.4 Å². The first-order valence-corrected chi connectivity index (χ1v) is 14.2. The molecule has 0 saturated carbocycles. The Morgan fingerprint density at radius 3 is 2.74 bits per heavy atom. The number of hydrogen-bond donors (Lipinski definition) is 2. The first kappa shape index (κ1) is 23.2. The van der Waals surface area contributed by atoms with E-state index in [4.69, 9.17) is 0 Å². The third kappa shape index (κ3) is 4.65. The van der Waals surface area contributed by atoms with E-state index in [1.165, 1.54) is 51.1 Å². The molecule has 5 rings (SSSR count). The van der Waals surface area contributed by atoms with E-state index in [0.29, 0.717) is 17.1 Å². The normalized spacial score (nSPS) is 19.5. The third-order valence-electron chi connectivity index (χ3n) is 5.40. The van der Waals surface area contributed by atoms with Gasteiger partial charge in [0.05, 0.1) is 12.1 Å². The number of fused-ring (bicyclic) bond motifs is 1. The van der Waals surface area contributed by atoms with Gasteiger partial charge in [-0.05, 0) is 17.0 Å². The average molecular weight is 530 g/mol. The first-order chi connectivity index (χ1) is 16.5. The van der Waals surface area contributed by atoms with Crippen LogP contribution in [0.1, 0.15) is 4.88 Å². The highest BCUT2D eigenvalue weighted by molar-refractivity contribution is 8.01. The van der Waals surface area contributed by atoms with Crippen LogP contribution in [0, 0.1) is 0 Å². The van der Waals surface area contributed by atoms with Gasteiger partial charge in [-0.25, -0.2) is 9.78 Å². The zero-order valence-electron chi connectivity index (χ0n) is 17.7. The maximum absolute atomic E-state index is 12.8. The summed E-state index contributed by atoms with van der Waals surface area (Å²) < 4.78 is 0.844. The van der Waals surface area contributed by atoms with Crippen LogP contribution in [0.5, 0.6) is 0 Å². The largest absolute Gasteiger partial charge is 0.477 e. The summed E-state index contributed by atoms with van der Waals surface area (Å²) in [5.41, 5.74) is 2.64. The smallest absolute Gasteiger partial charge is 0.352 e. The van der Waals surface area contributed by atoms with E-state index >= 15 is 0 Å². The van der Waals surface area contributed by atoms with Crippen molar-refractivity contribution in [3.05, 3.63) is 69.4 Å². The van der Waals surface area contributed by atoms with Gasteiger partial charge in [0.25, 0.3) is 5.91 Å². The fourth-order valence-corrected chi connectivity index (χ4v) is 7.83. The Balaban J connectivity index is 1.25. The van der Waals surface area contributed by atoms with Crippen LogP contribution in [-0.4, -0.2) is 55.7 Å². The number of carboxylic acid groups (broad SMARTS) is 1. The van der Waals surface area contributed by atoms with Gasteiger partial charge >= 0.3 is 5.97 Å². The molecule has 0 bridgehead atoms. The molecule has 2 aromatic heterocycles. The Kier molecular flexibility index (Phi) is 6.77. The lowest BCUT2D eigenvalue weighted by Crippen LogP contribution is -2.70. The second-order valence-corrected chi connectivity index (χ2v) is 11.8. The molecule has 2 amide bonds. The predicted molar refractivity (Wildman–Crippen MR) is 136 cm³/mol. The Bertz CT molecular complexity index is 1260. The number of thioether (sulfide) groups is 2. The Hall–Kier alpha value is -2.60. The molecule has 3 aromatic rings. The molecule has 1 saturated heterocycles. The number of nitrogens with zero attached hydrogens (tertiary/aromatic N) is 2. The Morgan fingerprint density at radius 1 is 1.18 bits per heavy atom. The second-order valence-electron chi connectivity index (χ2n) is 7.62. The highest BCUT2D eigenvalue weighted by atomic mass is 32.2. The minimum Gasteiger partial charge on any atom is -0.477 e. The highest BCUT2D eigenvalue weighted by Crippen LogP contribution is 2.42. The van der Waals surface area contributed by atoms with Gasteiger partial charge in [-0.3, -0.25) is 14.5 Å². The molecule has 0 radical (unpaired) electrons. The fraction of sp³-hybridized carbons (Fsp3) is 0.217. The summed E-state index contributed by atoms with van der Waals surface area (Å²) in [7, 11) is 0. The topological polar surface area (TPSA) is 99.6 Å². The lowest BCUT2D eigenvalue weighted by atomic mass is 10.0. The van der Waals surface area contributed by atoms with Crippen molar-refractivity contribution >= 4 is 64.0 Å². The zero-order valence-corrected chi connectivity index (χ0v) is 20.9. The first-order valence-electron chi connectivity index (χ1n) is 10.4. The summed E-state index contributed by atoms with van der Waals surface area (Å²) in [6, 6.07) is 12.9. The molecule has 1 unspecified atom stereocenters. The fourth-order valence-electron chi connectivity index (χ4n) is 3.80. The van der Waals surface area contributed by atoms with Gasteiger partial charge in [0.15, 0.2) is 4.34 Å². The molecular weight excluding hydrogens is 511 g/mol. The number of aliphatic carboxylic acids is 1. The molecular formula is C23H19N3O4S4. The van der Waals surface area contributed by atoms with Crippen LogP contribution < -0.4 is 5.32 Å². The van der Waals surface area contributed by atoms with Gasteiger partial charge in [0, 0.05) is 27.3 Å². The van der Waals surface area contributed by atoms with Crippen molar-refractivity contribution in [1.82, 2.24) is 15.2 Å². The van der Waals surface area contributed by atoms with Crippen molar-refractivity contribution in [2.75, 3.05) is 11.5 Å². The van der Waals surface area contributed by atoms with Crippen molar-refractivity contribution < 1.29 is 19.5 Å². The maximum Gasteiger partial charge on any atom is 0.352 e. The lowest BCUT2D eigenvalue weighted by Gasteiger charge is -2.49. The number of aromatic nitrogens is 1. The summed E-state index contributed by atoms with van der Waals surface area (Å²) in [5.74, 6) is -0.820. The van der Waals surface area contributed by atoms with Gasteiger partial charge in [-0.1, -0.05) is 48.2 Å². The van der Waals surface area contributed by atoms with Crippen molar-refractivity contribution in [2.24, 2.45) is 0 Å². The second kappa shape index (κ2) is 9.95. The van der Waals surface area contributed by atoms with Crippen LogP contribution in [0.2, 0.25) is 0 Å². The molecule has 34 heavy (non-hydrogen) atoms. The van der Waals surface area contributed by atoms with Crippen molar-refractivity contribution in [3.8, 4) is 11.3 Å². The number of β-lactam (4-membered cyclic amide) rings is 1. The van der Waals surface area contributed by atoms with E-state index in [0.717, 1.165) is 20.5 Å². The van der Waals surface area contributed by atoms with Gasteiger partial charge in [-0.15, -0.1) is 34.4 Å². The average Bonchev–Trinajstić information content (AvgIpc) is 3.53. The summed E-state index contributed by atoms with van der Waals surface area (Å²) >= 11 is 5.95. The van der Waals surface area contributed by atoms with Crippen LogP contribution in [-0.2, 0) is 20.8 Å². The SMILES string of the molecule is O=C(Cc1cccs1)NC1C(=O)N2C(C(=O)O)=C(CSc3nc(-c4ccccc4)cs3)CS[C@@H]12. The van der Waals surface area contributed by atoms with E-state index in [1.54, 1.807) is 0 Å². The molecule has 2 aliphatic rings. The minimum absolute atomic E-state index is 0.0323. The molecule has 0 spiro atoms. The zero-order chi connectivity index (χ0) is 23.7. The van der Waals surface area contributed by atoms with E-state index in [1.807, 2.05) is 53.2 Å². The molecule has 2 atom stereocenters. The van der Waals surface area contributed by atoms with E-state index in [-0.39, 0.29) is 23.9 Å². The number of benzene rings is 1. The highest BCUT2D eigenvalue weighted by Gasteiger charge is 2.54. The van der Waals surface area contributed by atoms with Crippen molar-refractivity contribution in [2.45, 2.75) is 22.2 Å². The van der Waals surface area contributed by atoms with Gasteiger partial charge in [0.1, 0.15) is 17.1 Å². The van der Waals surface area contributed by atoms with E-state index < -0.39 is 17.4 Å². The van der Waals surface area contributed by atoms with Crippen molar-refractivity contribution in [3.63, 3.8) is 0 Å². The van der Waals surface area contributed by atoms with Gasteiger partial charge in [-0.2, -0.15) is 0 Å². The van der Waals surface area contributed by atoms with Crippen LogP contribution in [0.15, 0.2) is 68.8 Å². The molecule has 1 fully saturated rings. The molecule has 0 aliphatic carbocycles. The summed E-state index contributed by atoms with van der Waals surface area (Å²) in [4.78, 5) is 44.1. The number of nitrogens with one attached hydrogen (secondary N) is 1. The number of amides is 2. The van der Waals surface area contributed by atoms with Crippen LogP contribution in [0.4, 0.5) is 0 Å². The molecule has 1 aromatic carbocycles. The minimum atomic E-state index is -1.12. The monoisotopic (exact) mass is 529 g/mol. The van der Waals surface area contributed by atoms with Crippen LogP contribution in [0.3, 0.4) is 0 Å². The molecule has 2 aliphatic heterocycles. The summed E-state index contributed by atoms with van der Waals surface area (Å²) in [6.45, 7) is 0. The van der Waals surface area contributed by atoms with Crippen molar-refractivity contribution in [1.29, 1.82) is 0 Å². The van der Waals surface area contributed by atoms with Crippen LogP contribution in [0.25, 0.3) is 11.3 Å². The summed E-state index contributed by atoms with van der Waals surface area (Å²) in [6.07, 6.45) is 0.209. The number of carbonyl (C=O) groups is 3. The quantitative estimate of drug-likeness (QED) is 0.337. The maximum atomic E-state index is 12.8. The number of rotatable bonds is 8. The molecule has 174 valence electrons. The third-order valence-corrected chi connectivity index (χ3v) is 9.73. The van der Waals surface area contributed by atoms with E-state index in [2.05, 4.69) is 10.3 Å². The summed E-state index contributed by atoms with van der Waals surface area (Å²) in [5, 5.41) is 16.1. The molecule has 4 heterocycles. The standard InChI is InChI=1S/C23H19N3O4S4/c27-17(9-15-7-4-8-31-15)25-18-20(28)26-19(22(29)30)14(10-32-21(18)26)11-33-23-24-16(12-34-23)13-5-2-1-3-6-13/h1-8,12,18,21H,9-11H2,(H,25,27)(H,29,30)/t18?,21-/m0/s1. The number of thiophene rings is 1. The number of thiazole rings is 1. The van der Waals surface area contributed by atoms with Crippen LogP contribution >= 0.6 is 46.2 Å². The number of carboxylic acids is 1. The Labute approximate surface area is 212 Å². The number of carbonyl (C=O) groups excluding carboxylic acids is 2. The Morgan fingerprint density at radius 2 is 2.00 bits per heavy atom. The molecule has 2 N–H and O–H groups in total. The predicted octanol–water partition coefficient (Wildman–Crippen LogP) is 3.95. The molecule has 11 heteroatoms. The van der Waals surface area contributed by atoms with Gasteiger partial charge in [0.2, 0.25) is 5.91 Å². The lowest BCUT2D eigenvalue weighted by molar-refractivity contribution is -0.150.